The number of hydroxylamine groups is 2. The molecule has 2 N–H and O–H groups in total. The van der Waals surface area contributed by atoms with Crippen LogP contribution in [-0.4, -0.2) is 27.5 Å². The highest BCUT2D eigenvalue weighted by atomic mass is 16.5. The minimum Gasteiger partial charge on any atom is -0.314 e. The largest absolute Gasteiger partial charge is 0.314 e. The summed E-state index contributed by atoms with van der Waals surface area (Å²) in [6.07, 6.45) is 0. The van der Waals surface area contributed by atoms with Crippen molar-refractivity contribution in [1.29, 1.82) is 0 Å². The molecular formula is C11H13N3O. The van der Waals surface area contributed by atoms with E-state index in [1.807, 2.05) is 36.4 Å². The second-order valence-electron chi connectivity index (χ2n) is 3.46. The molecule has 1 aromatic heterocycles. The van der Waals surface area contributed by atoms with Gasteiger partial charge in [0.2, 0.25) is 0 Å². The molecular weight excluding hydrogens is 190 g/mol. The van der Waals surface area contributed by atoms with Gasteiger partial charge in [-0.2, -0.15) is 10.2 Å². The van der Waals surface area contributed by atoms with Crippen LogP contribution >= 0.6 is 0 Å². The fourth-order valence-electron chi connectivity index (χ4n) is 1.45. The minimum absolute atomic E-state index is 0.444. The quantitative estimate of drug-likeness (QED) is 0.749. The maximum Gasteiger partial charge on any atom is 0.0924 e. The topological polar surface area (TPSA) is 52.1 Å². The van der Waals surface area contributed by atoms with Crippen LogP contribution in [0, 0.1) is 0 Å². The first-order valence-corrected chi connectivity index (χ1v) is 4.75. The Morgan fingerprint density at radius 1 is 1.33 bits per heavy atom. The van der Waals surface area contributed by atoms with Gasteiger partial charge in [-0.15, -0.1) is 0 Å². The molecule has 0 saturated heterocycles. The molecule has 2 rings (SSSR count). The Labute approximate surface area is 88.1 Å². The van der Waals surface area contributed by atoms with E-state index in [9.17, 15) is 0 Å². The molecule has 78 valence electrons. The average Bonchev–Trinajstić information content (AvgIpc) is 2.67. The van der Waals surface area contributed by atoms with Gasteiger partial charge in [0.25, 0.3) is 0 Å². The molecule has 0 amide bonds. The van der Waals surface area contributed by atoms with Crippen molar-refractivity contribution in [2.45, 2.75) is 6.54 Å². The van der Waals surface area contributed by atoms with Crippen LogP contribution in [0.25, 0.3) is 11.3 Å². The first-order valence-electron chi connectivity index (χ1n) is 4.75. The lowest BCUT2D eigenvalue weighted by atomic mass is 10.1. The summed E-state index contributed by atoms with van der Waals surface area (Å²) < 4.78 is 0. The first kappa shape index (κ1) is 9.89. The molecule has 4 heteroatoms. The van der Waals surface area contributed by atoms with E-state index >= 15 is 0 Å². The van der Waals surface area contributed by atoms with Gasteiger partial charge in [-0.1, -0.05) is 30.3 Å². The molecule has 0 saturated carbocycles. The van der Waals surface area contributed by atoms with E-state index in [0.717, 1.165) is 22.0 Å². The molecule has 0 aliphatic rings. The zero-order valence-electron chi connectivity index (χ0n) is 8.51. The number of benzene rings is 1. The Bertz CT molecular complexity index is 422. The molecule has 0 fully saturated rings. The molecule has 0 radical (unpaired) electrons. The predicted octanol–water partition coefficient (Wildman–Crippen LogP) is 1.90. The normalized spacial score (nSPS) is 10.9. The second-order valence-corrected chi connectivity index (χ2v) is 3.46. The molecule has 0 aliphatic heterocycles. The van der Waals surface area contributed by atoms with Crippen molar-refractivity contribution in [3.63, 3.8) is 0 Å². The van der Waals surface area contributed by atoms with Gasteiger partial charge in [0.05, 0.1) is 17.9 Å². The number of H-pyrrole nitrogens is 1. The molecule has 0 atom stereocenters. The van der Waals surface area contributed by atoms with Crippen molar-refractivity contribution in [3.8, 4) is 11.3 Å². The van der Waals surface area contributed by atoms with Crippen molar-refractivity contribution in [2.24, 2.45) is 0 Å². The monoisotopic (exact) mass is 203 g/mol. The molecule has 15 heavy (non-hydrogen) atoms. The standard InChI is InChI=1S/C11H13N3O/c1-14(15)8-10-7-11(13-12-10)9-5-3-2-4-6-9/h2-7,15H,8H2,1H3,(H,12,13). The Morgan fingerprint density at radius 2 is 2.07 bits per heavy atom. The molecule has 0 spiro atoms. The van der Waals surface area contributed by atoms with E-state index in [0.29, 0.717) is 6.54 Å². The molecule has 1 heterocycles. The number of hydrogen-bond acceptors (Lipinski definition) is 3. The molecule has 0 aliphatic carbocycles. The zero-order chi connectivity index (χ0) is 10.7. The van der Waals surface area contributed by atoms with Gasteiger partial charge in [-0.05, 0) is 6.07 Å². The molecule has 1 aromatic carbocycles. The summed E-state index contributed by atoms with van der Waals surface area (Å²) in [6.45, 7) is 0.444. The third-order valence-corrected chi connectivity index (χ3v) is 2.10. The molecule has 0 bridgehead atoms. The summed E-state index contributed by atoms with van der Waals surface area (Å²) in [7, 11) is 1.60. The number of aromatic amines is 1. The van der Waals surface area contributed by atoms with Crippen LogP contribution in [0.4, 0.5) is 0 Å². The fraction of sp³-hybridized carbons (Fsp3) is 0.182. The van der Waals surface area contributed by atoms with Gasteiger partial charge in [0.15, 0.2) is 0 Å². The number of nitrogens with zero attached hydrogens (tertiary/aromatic N) is 2. The van der Waals surface area contributed by atoms with E-state index < -0.39 is 0 Å². The van der Waals surface area contributed by atoms with Crippen molar-refractivity contribution < 1.29 is 5.21 Å². The summed E-state index contributed by atoms with van der Waals surface area (Å²) in [5.74, 6) is 0. The van der Waals surface area contributed by atoms with Crippen LogP contribution in [0.15, 0.2) is 36.4 Å². The SMILES string of the molecule is CN(O)Cc1cc(-c2ccccc2)n[nH]1. The Morgan fingerprint density at radius 3 is 2.73 bits per heavy atom. The number of nitrogens with one attached hydrogen (secondary N) is 1. The smallest absolute Gasteiger partial charge is 0.0924 e. The van der Waals surface area contributed by atoms with E-state index in [2.05, 4.69) is 10.2 Å². The Kier molecular flexibility index (Phi) is 2.80. The van der Waals surface area contributed by atoms with E-state index in [-0.39, 0.29) is 0 Å². The zero-order valence-corrected chi connectivity index (χ0v) is 8.51. The van der Waals surface area contributed by atoms with Crippen molar-refractivity contribution in [2.75, 3.05) is 7.05 Å². The average molecular weight is 203 g/mol. The lowest BCUT2D eigenvalue weighted by Gasteiger charge is -2.03. The predicted molar refractivity (Wildman–Crippen MR) is 57.3 cm³/mol. The molecule has 2 aromatic rings. The summed E-state index contributed by atoms with van der Waals surface area (Å²) in [5.41, 5.74) is 2.85. The third kappa shape index (κ3) is 2.43. The first-order chi connectivity index (χ1) is 7.25. The van der Waals surface area contributed by atoms with Gasteiger partial charge in [0.1, 0.15) is 0 Å². The summed E-state index contributed by atoms with van der Waals surface area (Å²) in [6, 6.07) is 11.9. The highest BCUT2D eigenvalue weighted by Gasteiger charge is 2.04. The lowest BCUT2D eigenvalue weighted by Crippen LogP contribution is -2.11. The van der Waals surface area contributed by atoms with Crippen LogP contribution < -0.4 is 0 Å². The van der Waals surface area contributed by atoms with Gasteiger partial charge < -0.3 is 5.21 Å². The maximum absolute atomic E-state index is 9.07. The van der Waals surface area contributed by atoms with Crippen LogP contribution in [-0.2, 0) is 6.54 Å². The minimum atomic E-state index is 0.444. The molecule has 4 nitrogen and oxygen atoms in total. The van der Waals surface area contributed by atoms with Gasteiger partial charge >= 0.3 is 0 Å². The highest BCUT2D eigenvalue weighted by Crippen LogP contribution is 2.16. The van der Waals surface area contributed by atoms with Gasteiger partial charge in [-0.25, -0.2) is 0 Å². The van der Waals surface area contributed by atoms with Crippen LogP contribution in [0.5, 0.6) is 0 Å². The van der Waals surface area contributed by atoms with Crippen LogP contribution in [0.2, 0.25) is 0 Å². The number of hydrogen-bond donors (Lipinski definition) is 2. The van der Waals surface area contributed by atoms with E-state index in [4.69, 9.17) is 5.21 Å². The number of aromatic nitrogens is 2. The van der Waals surface area contributed by atoms with Crippen LogP contribution in [0.3, 0.4) is 0 Å². The third-order valence-electron chi connectivity index (χ3n) is 2.10. The van der Waals surface area contributed by atoms with E-state index in [1.165, 1.54) is 0 Å². The van der Waals surface area contributed by atoms with Crippen molar-refractivity contribution >= 4 is 0 Å². The second kappa shape index (κ2) is 4.25. The summed E-state index contributed by atoms with van der Waals surface area (Å²) in [4.78, 5) is 0. The lowest BCUT2D eigenvalue weighted by molar-refractivity contribution is -0.0740. The van der Waals surface area contributed by atoms with E-state index in [1.54, 1.807) is 7.05 Å². The summed E-state index contributed by atoms with van der Waals surface area (Å²) >= 11 is 0. The highest BCUT2D eigenvalue weighted by molar-refractivity contribution is 5.58. The summed E-state index contributed by atoms with van der Waals surface area (Å²) in [5, 5.41) is 17.2. The van der Waals surface area contributed by atoms with Crippen molar-refractivity contribution in [1.82, 2.24) is 15.3 Å². The van der Waals surface area contributed by atoms with Crippen molar-refractivity contribution in [3.05, 3.63) is 42.1 Å². The van der Waals surface area contributed by atoms with Gasteiger partial charge in [-0.3, -0.25) is 5.10 Å². The number of rotatable bonds is 3. The van der Waals surface area contributed by atoms with Crippen LogP contribution in [0.1, 0.15) is 5.69 Å². The van der Waals surface area contributed by atoms with Gasteiger partial charge in [0, 0.05) is 12.6 Å². The Hall–Kier alpha value is -1.65. The fourth-order valence-corrected chi connectivity index (χ4v) is 1.45. The molecule has 0 unspecified atom stereocenters. The maximum atomic E-state index is 9.07. The Balaban J connectivity index is 2.21.